The average Bonchev–Trinajstić information content (AvgIpc) is 3.20. The number of urea groups is 1. The Morgan fingerprint density at radius 2 is 2.10 bits per heavy atom. The van der Waals surface area contributed by atoms with Crippen LogP contribution < -0.4 is 31.7 Å². The van der Waals surface area contributed by atoms with Gasteiger partial charge in [-0.3, -0.25) is 5.32 Å². The molecule has 1 aromatic heterocycles. The zero-order valence-electron chi connectivity index (χ0n) is 16.3. The molecule has 1 fully saturated rings. The third kappa shape index (κ3) is 5.41. The zero-order valence-corrected chi connectivity index (χ0v) is 16.3. The van der Waals surface area contributed by atoms with Crippen LogP contribution in [0.15, 0.2) is 18.2 Å². The van der Waals surface area contributed by atoms with Gasteiger partial charge in [-0.2, -0.15) is 15.0 Å². The number of ether oxygens (including phenoxy) is 1. The lowest BCUT2D eigenvalue weighted by molar-refractivity contribution is 0.259. The van der Waals surface area contributed by atoms with Gasteiger partial charge < -0.3 is 26.4 Å². The van der Waals surface area contributed by atoms with Gasteiger partial charge in [-0.05, 0) is 37.9 Å². The van der Waals surface area contributed by atoms with Crippen LogP contribution in [0.2, 0.25) is 0 Å². The highest BCUT2D eigenvalue weighted by atomic mass is 19.1. The van der Waals surface area contributed by atoms with E-state index in [1.54, 1.807) is 6.07 Å². The minimum absolute atomic E-state index is 0.0132. The van der Waals surface area contributed by atoms with Crippen molar-refractivity contribution in [1.82, 2.24) is 20.3 Å². The number of rotatable bonds is 8. The maximum Gasteiger partial charge on any atom is 0.319 e. The first-order chi connectivity index (χ1) is 14.0. The van der Waals surface area contributed by atoms with E-state index in [9.17, 15) is 9.18 Å². The van der Waals surface area contributed by atoms with Gasteiger partial charge in [0.1, 0.15) is 0 Å². The van der Waals surface area contributed by atoms with Gasteiger partial charge in [-0.15, -0.1) is 0 Å². The van der Waals surface area contributed by atoms with Crippen LogP contribution in [0, 0.1) is 5.82 Å². The predicted molar refractivity (Wildman–Crippen MR) is 108 cm³/mol. The minimum Gasteiger partial charge on any atom is -0.494 e. The Morgan fingerprint density at radius 1 is 1.34 bits per heavy atom. The summed E-state index contributed by atoms with van der Waals surface area (Å²) in [6.45, 7) is 3.05. The molecule has 156 valence electrons. The summed E-state index contributed by atoms with van der Waals surface area (Å²) in [5.74, 6) is -0.00946. The SMILES string of the molecule is CCC(Nc1nc(NC(N)=O)nc(Nc2ccc(OC)c(F)c2)n1)C1CCCN1. The van der Waals surface area contributed by atoms with Gasteiger partial charge in [-0.25, -0.2) is 9.18 Å². The monoisotopic (exact) mass is 404 g/mol. The molecule has 0 saturated carbocycles. The highest BCUT2D eigenvalue weighted by Gasteiger charge is 2.24. The molecule has 29 heavy (non-hydrogen) atoms. The van der Waals surface area contributed by atoms with E-state index in [0.29, 0.717) is 11.7 Å². The van der Waals surface area contributed by atoms with E-state index in [-0.39, 0.29) is 29.6 Å². The molecule has 10 nitrogen and oxygen atoms in total. The van der Waals surface area contributed by atoms with Crippen molar-refractivity contribution >= 4 is 29.6 Å². The molecule has 0 aliphatic carbocycles. The smallest absolute Gasteiger partial charge is 0.319 e. The number of carbonyl (C=O) groups excluding carboxylic acids is 1. The lowest BCUT2D eigenvalue weighted by Gasteiger charge is -2.24. The maximum absolute atomic E-state index is 14.0. The first-order valence-electron chi connectivity index (χ1n) is 9.41. The molecule has 1 aliphatic rings. The van der Waals surface area contributed by atoms with Crippen LogP contribution in [-0.2, 0) is 0 Å². The first-order valence-corrected chi connectivity index (χ1v) is 9.41. The van der Waals surface area contributed by atoms with E-state index in [0.717, 1.165) is 25.8 Å². The third-order valence-electron chi connectivity index (χ3n) is 4.62. The Labute approximate surface area is 167 Å². The van der Waals surface area contributed by atoms with E-state index < -0.39 is 11.8 Å². The lowest BCUT2D eigenvalue weighted by atomic mass is 10.0. The fourth-order valence-corrected chi connectivity index (χ4v) is 3.24. The second kappa shape index (κ2) is 9.32. The largest absolute Gasteiger partial charge is 0.494 e. The van der Waals surface area contributed by atoms with Gasteiger partial charge in [-0.1, -0.05) is 6.92 Å². The molecule has 1 aliphatic heterocycles. The van der Waals surface area contributed by atoms with Crippen molar-refractivity contribution in [3.8, 4) is 5.75 Å². The summed E-state index contributed by atoms with van der Waals surface area (Å²) in [4.78, 5) is 23.9. The number of benzene rings is 1. The first kappa shape index (κ1) is 20.5. The van der Waals surface area contributed by atoms with Gasteiger partial charge in [0.25, 0.3) is 0 Å². The molecular weight excluding hydrogens is 379 g/mol. The van der Waals surface area contributed by atoms with E-state index in [2.05, 4.69) is 43.1 Å². The topological polar surface area (TPSA) is 139 Å². The fraction of sp³-hybridized carbons (Fsp3) is 0.444. The molecule has 0 radical (unpaired) electrons. The number of nitrogens with zero attached hydrogens (tertiary/aromatic N) is 3. The van der Waals surface area contributed by atoms with E-state index in [1.165, 1.54) is 19.2 Å². The molecule has 1 saturated heterocycles. The molecule has 2 aromatic rings. The Morgan fingerprint density at radius 3 is 2.72 bits per heavy atom. The van der Waals surface area contributed by atoms with Crippen molar-refractivity contribution < 1.29 is 13.9 Å². The lowest BCUT2D eigenvalue weighted by Crippen LogP contribution is -2.40. The second-order valence-corrected chi connectivity index (χ2v) is 6.63. The summed E-state index contributed by atoms with van der Waals surface area (Å²) >= 11 is 0. The molecule has 2 heterocycles. The number of hydrogen-bond donors (Lipinski definition) is 5. The van der Waals surface area contributed by atoms with E-state index in [4.69, 9.17) is 10.5 Å². The molecule has 3 rings (SSSR count). The molecule has 6 N–H and O–H groups in total. The van der Waals surface area contributed by atoms with Gasteiger partial charge in [0.2, 0.25) is 17.8 Å². The molecule has 0 spiro atoms. The number of nitrogens with two attached hydrogens (primary N) is 1. The quantitative estimate of drug-likeness (QED) is 0.451. The van der Waals surface area contributed by atoms with Crippen LogP contribution in [0.4, 0.5) is 32.7 Å². The summed E-state index contributed by atoms with van der Waals surface area (Å²) in [5, 5.41) is 12.0. The van der Waals surface area contributed by atoms with Gasteiger partial charge in [0.15, 0.2) is 11.6 Å². The van der Waals surface area contributed by atoms with Crippen LogP contribution in [0.3, 0.4) is 0 Å². The molecule has 1 aromatic carbocycles. The van der Waals surface area contributed by atoms with Crippen molar-refractivity contribution in [1.29, 1.82) is 0 Å². The van der Waals surface area contributed by atoms with Gasteiger partial charge in [0.05, 0.1) is 7.11 Å². The van der Waals surface area contributed by atoms with Crippen molar-refractivity contribution in [2.75, 3.05) is 29.6 Å². The fourth-order valence-electron chi connectivity index (χ4n) is 3.24. The summed E-state index contributed by atoms with van der Waals surface area (Å²) in [5.41, 5.74) is 5.60. The molecule has 2 atom stereocenters. The Hall–Kier alpha value is -3.21. The Kier molecular flexibility index (Phi) is 6.60. The van der Waals surface area contributed by atoms with Crippen LogP contribution >= 0.6 is 0 Å². The predicted octanol–water partition coefficient (Wildman–Crippen LogP) is 2.20. The van der Waals surface area contributed by atoms with Crippen molar-refractivity contribution in [2.24, 2.45) is 5.73 Å². The van der Waals surface area contributed by atoms with Gasteiger partial charge >= 0.3 is 6.03 Å². The summed E-state index contributed by atoms with van der Waals surface area (Å²) < 4.78 is 18.9. The van der Waals surface area contributed by atoms with E-state index in [1.807, 2.05) is 0 Å². The van der Waals surface area contributed by atoms with Crippen molar-refractivity contribution in [2.45, 2.75) is 38.3 Å². The second-order valence-electron chi connectivity index (χ2n) is 6.63. The normalized spacial score (nSPS) is 16.9. The number of primary amides is 1. The number of methoxy groups -OCH3 is 1. The maximum atomic E-state index is 14.0. The molecule has 0 bridgehead atoms. The van der Waals surface area contributed by atoms with Crippen LogP contribution in [-0.4, -0.2) is 46.7 Å². The van der Waals surface area contributed by atoms with Crippen molar-refractivity contribution in [3.05, 3.63) is 24.0 Å². The van der Waals surface area contributed by atoms with Crippen LogP contribution in [0.25, 0.3) is 0 Å². The van der Waals surface area contributed by atoms with E-state index >= 15 is 0 Å². The number of nitrogens with one attached hydrogen (secondary N) is 4. The Bertz CT molecular complexity index is 860. The highest BCUT2D eigenvalue weighted by molar-refractivity contribution is 5.86. The highest BCUT2D eigenvalue weighted by Crippen LogP contribution is 2.23. The number of hydrogen-bond acceptors (Lipinski definition) is 8. The summed E-state index contributed by atoms with van der Waals surface area (Å²) in [7, 11) is 1.39. The molecule has 11 heteroatoms. The summed E-state index contributed by atoms with van der Waals surface area (Å²) in [6, 6.07) is 3.97. The molecule has 2 unspecified atom stereocenters. The third-order valence-corrected chi connectivity index (χ3v) is 4.62. The van der Waals surface area contributed by atoms with Crippen LogP contribution in [0.5, 0.6) is 5.75 Å². The standard InChI is InChI=1S/C18H25FN8O2/c1-3-12(13-5-4-8-21-13)23-17-25-16(26-18(27-17)24-15(20)28)22-10-6-7-14(29-2)11(19)9-10/h6-7,9,12-13,21H,3-5,8H2,1-2H3,(H5,20,22,23,24,25,26,27,28). The van der Waals surface area contributed by atoms with Crippen molar-refractivity contribution in [3.63, 3.8) is 0 Å². The number of carbonyl (C=O) groups is 1. The average molecular weight is 404 g/mol. The number of anilines is 4. The molecular formula is C18H25FN8O2. The molecule has 2 amide bonds. The number of aromatic nitrogens is 3. The zero-order chi connectivity index (χ0) is 20.8. The van der Waals surface area contributed by atoms with Crippen LogP contribution in [0.1, 0.15) is 26.2 Å². The minimum atomic E-state index is -0.798. The summed E-state index contributed by atoms with van der Waals surface area (Å²) in [6.07, 6.45) is 3.03. The number of amides is 2. The number of halogens is 1. The Balaban J connectivity index is 1.84. The van der Waals surface area contributed by atoms with Gasteiger partial charge in [0, 0.05) is 23.8 Å².